The third-order valence-electron chi connectivity index (χ3n) is 5.87. The summed E-state index contributed by atoms with van der Waals surface area (Å²) in [5, 5.41) is 5.28. The highest BCUT2D eigenvalue weighted by atomic mass is 35.5. The summed E-state index contributed by atoms with van der Waals surface area (Å²) in [5.74, 6) is -2.33. The fourth-order valence-corrected chi connectivity index (χ4v) is 4.21. The van der Waals surface area contributed by atoms with Crippen LogP contribution in [0.2, 0.25) is 5.02 Å². The Morgan fingerprint density at radius 2 is 1.97 bits per heavy atom. The standard InChI is InChI=1S/C22H23ClF3N3O4/c1-12-18(20(32)28-15-6-4-5-14(23)9-15)13(2)29(3)19(12)16(30)10-27-21(22(24,25)26)7-8-33-11-17(21)31/h4-6,9,27H,7-8,10-11H2,1-3H3,(H,28,32). The molecule has 0 saturated carbocycles. The van der Waals surface area contributed by atoms with Gasteiger partial charge in [0.05, 0.1) is 17.8 Å². The highest BCUT2D eigenvalue weighted by molar-refractivity contribution is 6.31. The SMILES string of the molecule is Cc1c(C(=O)Nc2cccc(Cl)c2)c(C)n(C)c1C(=O)CNC1(C(F)(F)F)CCOCC1=O. The number of nitrogens with one attached hydrogen (secondary N) is 2. The molecule has 0 aliphatic carbocycles. The van der Waals surface area contributed by atoms with Gasteiger partial charge in [0.2, 0.25) is 0 Å². The van der Waals surface area contributed by atoms with Crippen LogP contribution < -0.4 is 10.6 Å². The molecular formula is C22H23ClF3N3O4. The number of alkyl halides is 3. The zero-order valence-electron chi connectivity index (χ0n) is 18.2. The van der Waals surface area contributed by atoms with E-state index in [4.69, 9.17) is 16.3 Å². The molecule has 1 saturated heterocycles. The second-order valence-electron chi connectivity index (χ2n) is 7.86. The van der Waals surface area contributed by atoms with E-state index in [0.717, 1.165) is 0 Å². The first-order valence-corrected chi connectivity index (χ1v) is 10.5. The second-order valence-corrected chi connectivity index (χ2v) is 8.30. The number of hydrogen-bond donors (Lipinski definition) is 2. The van der Waals surface area contributed by atoms with E-state index in [9.17, 15) is 27.6 Å². The zero-order valence-corrected chi connectivity index (χ0v) is 19.0. The molecule has 2 heterocycles. The fraction of sp³-hybridized carbons (Fsp3) is 0.409. The number of carbonyl (C=O) groups is 3. The van der Waals surface area contributed by atoms with E-state index in [-0.39, 0.29) is 17.9 Å². The minimum atomic E-state index is -4.89. The number of carbonyl (C=O) groups excluding carboxylic acids is 3. The van der Waals surface area contributed by atoms with Crippen molar-refractivity contribution in [3.8, 4) is 0 Å². The smallest absolute Gasteiger partial charge is 0.374 e. The molecular weight excluding hydrogens is 463 g/mol. The Morgan fingerprint density at radius 3 is 2.58 bits per heavy atom. The molecule has 2 aromatic rings. The summed E-state index contributed by atoms with van der Waals surface area (Å²) in [4.78, 5) is 37.9. The molecule has 0 radical (unpaired) electrons. The lowest BCUT2D eigenvalue weighted by Crippen LogP contribution is -2.66. The molecule has 11 heteroatoms. The van der Waals surface area contributed by atoms with Crippen LogP contribution in [0.4, 0.5) is 18.9 Å². The Bertz CT molecular complexity index is 1110. The van der Waals surface area contributed by atoms with Gasteiger partial charge < -0.3 is 14.6 Å². The van der Waals surface area contributed by atoms with Crippen molar-refractivity contribution in [3.05, 3.63) is 51.8 Å². The maximum atomic E-state index is 13.8. The van der Waals surface area contributed by atoms with E-state index in [0.29, 0.717) is 22.0 Å². The number of Topliss-reactive ketones (excluding diaryl/α,β-unsaturated/α-hetero) is 2. The van der Waals surface area contributed by atoms with Crippen molar-refractivity contribution in [1.29, 1.82) is 0 Å². The molecule has 1 atom stereocenters. The lowest BCUT2D eigenvalue weighted by molar-refractivity contribution is -0.211. The van der Waals surface area contributed by atoms with Crippen LogP contribution in [-0.4, -0.2) is 53.5 Å². The summed E-state index contributed by atoms with van der Waals surface area (Å²) in [7, 11) is 1.55. The van der Waals surface area contributed by atoms with Gasteiger partial charge in [-0.3, -0.25) is 19.7 Å². The van der Waals surface area contributed by atoms with E-state index in [1.165, 1.54) is 4.57 Å². The predicted octanol–water partition coefficient (Wildman–Crippen LogP) is 3.61. The van der Waals surface area contributed by atoms with Gasteiger partial charge in [-0.2, -0.15) is 13.2 Å². The fourth-order valence-electron chi connectivity index (χ4n) is 4.02. The van der Waals surface area contributed by atoms with E-state index in [2.05, 4.69) is 10.6 Å². The quantitative estimate of drug-likeness (QED) is 0.610. The summed E-state index contributed by atoms with van der Waals surface area (Å²) in [6, 6.07) is 6.52. The molecule has 0 bridgehead atoms. The third-order valence-corrected chi connectivity index (χ3v) is 6.10. The van der Waals surface area contributed by atoms with Gasteiger partial charge in [0.15, 0.2) is 17.1 Å². The van der Waals surface area contributed by atoms with Gasteiger partial charge in [0.25, 0.3) is 5.91 Å². The molecule has 3 rings (SSSR count). The Hall–Kier alpha value is -2.69. The van der Waals surface area contributed by atoms with Crippen LogP contribution in [0.5, 0.6) is 0 Å². The first-order valence-electron chi connectivity index (χ1n) is 10.1. The number of aromatic nitrogens is 1. The van der Waals surface area contributed by atoms with E-state index >= 15 is 0 Å². The Labute approximate surface area is 193 Å². The Balaban J connectivity index is 1.85. The number of benzene rings is 1. The highest BCUT2D eigenvalue weighted by Gasteiger charge is 2.60. The van der Waals surface area contributed by atoms with E-state index in [1.54, 1.807) is 45.2 Å². The predicted molar refractivity (Wildman–Crippen MR) is 116 cm³/mol. The van der Waals surface area contributed by atoms with Crippen molar-refractivity contribution < 1.29 is 32.3 Å². The summed E-state index contributed by atoms with van der Waals surface area (Å²) in [6.07, 6.45) is -5.52. The number of amides is 1. The third kappa shape index (κ3) is 4.68. The topological polar surface area (TPSA) is 89.4 Å². The normalized spacial score (nSPS) is 18.9. The minimum Gasteiger partial charge on any atom is -0.374 e. The van der Waals surface area contributed by atoms with Gasteiger partial charge >= 0.3 is 6.18 Å². The highest BCUT2D eigenvalue weighted by Crippen LogP contribution is 2.36. The summed E-state index contributed by atoms with van der Waals surface area (Å²) < 4.78 is 47.5. The number of nitrogens with zero attached hydrogens (tertiary/aromatic N) is 1. The molecule has 2 N–H and O–H groups in total. The summed E-state index contributed by atoms with van der Waals surface area (Å²) >= 11 is 5.94. The number of ketones is 2. The second kappa shape index (κ2) is 9.28. The van der Waals surface area contributed by atoms with Crippen molar-refractivity contribution >= 4 is 34.8 Å². The number of rotatable bonds is 6. The molecule has 1 amide bonds. The molecule has 1 aromatic carbocycles. The van der Waals surface area contributed by atoms with E-state index in [1.807, 2.05) is 0 Å². The average Bonchev–Trinajstić information content (AvgIpc) is 2.95. The van der Waals surface area contributed by atoms with Crippen LogP contribution in [0, 0.1) is 13.8 Å². The first-order chi connectivity index (χ1) is 15.4. The maximum absolute atomic E-state index is 13.8. The van der Waals surface area contributed by atoms with Crippen LogP contribution >= 0.6 is 11.6 Å². The van der Waals surface area contributed by atoms with Crippen molar-refractivity contribution in [2.75, 3.05) is 25.1 Å². The number of halogens is 4. The Morgan fingerprint density at radius 1 is 1.27 bits per heavy atom. The Kier molecular flexibility index (Phi) is 7.01. The molecule has 33 heavy (non-hydrogen) atoms. The van der Waals surface area contributed by atoms with E-state index < -0.39 is 48.8 Å². The molecule has 0 spiro atoms. The lowest BCUT2D eigenvalue weighted by atomic mass is 9.87. The van der Waals surface area contributed by atoms with Gasteiger partial charge in [-0.1, -0.05) is 17.7 Å². The number of ether oxygens (including phenoxy) is 1. The molecule has 1 aromatic heterocycles. The van der Waals surface area contributed by atoms with Gasteiger partial charge in [-0.05, 0) is 37.6 Å². The first kappa shape index (κ1) is 24.9. The average molecular weight is 486 g/mol. The molecule has 1 aliphatic rings. The van der Waals surface area contributed by atoms with Crippen LogP contribution in [0.3, 0.4) is 0 Å². The monoisotopic (exact) mass is 485 g/mol. The van der Waals surface area contributed by atoms with Gasteiger partial charge in [-0.25, -0.2) is 0 Å². The minimum absolute atomic E-state index is 0.0769. The van der Waals surface area contributed by atoms with Crippen molar-refractivity contribution in [3.63, 3.8) is 0 Å². The summed E-state index contributed by atoms with van der Waals surface area (Å²) in [5.41, 5.74) is -1.30. The lowest BCUT2D eigenvalue weighted by Gasteiger charge is -2.37. The largest absolute Gasteiger partial charge is 0.413 e. The molecule has 7 nitrogen and oxygen atoms in total. The maximum Gasteiger partial charge on any atom is 0.413 e. The number of anilines is 1. The van der Waals surface area contributed by atoms with Crippen molar-refractivity contribution in [2.24, 2.45) is 7.05 Å². The molecule has 1 aliphatic heterocycles. The van der Waals surface area contributed by atoms with Crippen molar-refractivity contribution in [2.45, 2.75) is 32.0 Å². The van der Waals surface area contributed by atoms with Crippen LogP contribution in [0.15, 0.2) is 24.3 Å². The molecule has 178 valence electrons. The zero-order chi connectivity index (χ0) is 24.6. The molecule has 1 unspecified atom stereocenters. The number of hydrogen-bond acceptors (Lipinski definition) is 5. The van der Waals surface area contributed by atoms with Crippen LogP contribution in [0.25, 0.3) is 0 Å². The van der Waals surface area contributed by atoms with Crippen LogP contribution in [-0.2, 0) is 16.6 Å². The van der Waals surface area contributed by atoms with Crippen LogP contribution in [0.1, 0.15) is 38.5 Å². The summed E-state index contributed by atoms with van der Waals surface area (Å²) in [6.45, 7) is 1.49. The van der Waals surface area contributed by atoms with Gasteiger partial charge in [0.1, 0.15) is 6.61 Å². The van der Waals surface area contributed by atoms with Gasteiger partial charge in [-0.15, -0.1) is 0 Å². The van der Waals surface area contributed by atoms with Crippen molar-refractivity contribution in [1.82, 2.24) is 9.88 Å². The van der Waals surface area contributed by atoms with Gasteiger partial charge in [0, 0.05) is 36.5 Å². The molecule has 1 fully saturated rings.